The maximum Gasteiger partial charge on any atom is 0.341 e. The number of rotatable bonds is 6. The number of esters is 1. The summed E-state index contributed by atoms with van der Waals surface area (Å²) in [5.74, 6) is -1.10. The summed E-state index contributed by atoms with van der Waals surface area (Å²) in [6.45, 7) is 13.0. The molecule has 1 aromatic heterocycles. The molecule has 0 aliphatic heterocycles. The molecule has 0 aliphatic carbocycles. The van der Waals surface area contributed by atoms with E-state index in [4.69, 9.17) is 4.74 Å². The highest BCUT2D eigenvalue weighted by Crippen LogP contribution is 2.40. The molecule has 0 fully saturated rings. The molecule has 2 aromatic rings. The highest BCUT2D eigenvalue weighted by atomic mass is 32.1. The van der Waals surface area contributed by atoms with E-state index < -0.39 is 11.8 Å². The molecule has 1 N–H and O–H groups in total. The van der Waals surface area contributed by atoms with Gasteiger partial charge in [-0.1, -0.05) is 33.8 Å². The Bertz CT molecular complexity index is 812. The van der Waals surface area contributed by atoms with Crippen molar-refractivity contribution in [2.45, 2.75) is 54.4 Å². The average Bonchev–Trinajstić information content (AvgIpc) is 2.99. The zero-order chi connectivity index (χ0) is 20.7. The summed E-state index contributed by atoms with van der Waals surface area (Å²) in [7, 11) is 0. The lowest BCUT2D eigenvalue weighted by atomic mass is 9.97. The number of hydrogen-bond acceptors (Lipinski definition) is 5. The molecule has 148 valence electrons. The number of nitrogens with one attached hydrogen (secondary N) is 1. The highest BCUT2D eigenvalue weighted by molar-refractivity contribution is 7.18. The van der Waals surface area contributed by atoms with Gasteiger partial charge >= 0.3 is 5.97 Å². The minimum atomic E-state index is -0.509. The molecule has 0 radical (unpaired) electrons. The van der Waals surface area contributed by atoms with Gasteiger partial charge in [0.25, 0.3) is 0 Å². The minimum absolute atomic E-state index is 0.0482. The Morgan fingerprint density at radius 3 is 2.37 bits per heavy atom. The van der Waals surface area contributed by atoms with Gasteiger partial charge < -0.3 is 10.1 Å². The Labute approximate surface area is 164 Å². The summed E-state index contributed by atoms with van der Waals surface area (Å²) >= 11 is 1.16. The molecule has 6 heteroatoms. The molecule has 0 bridgehead atoms. The van der Waals surface area contributed by atoms with Crippen LogP contribution in [-0.2, 0) is 4.74 Å². The molecule has 4 nitrogen and oxygen atoms in total. The first-order valence-electron chi connectivity index (χ1n) is 9.14. The van der Waals surface area contributed by atoms with E-state index in [0.717, 1.165) is 16.9 Å². The van der Waals surface area contributed by atoms with E-state index in [9.17, 15) is 14.0 Å². The van der Waals surface area contributed by atoms with Crippen LogP contribution in [0.3, 0.4) is 0 Å². The van der Waals surface area contributed by atoms with Crippen LogP contribution in [0.1, 0.15) is 78.6 Å². The fourth-order valence-electron chi connectivity index (χ4n) is 2.59. The number of carbonyl (C=O) groups is 2. The van der Waals surface area contributed by atoms with Gasteiger partial charge in [0.2, 0.25) is 0 Å². The van der Waals surface area contributed by atoms with Crippen LogP contribution in [0.15, 0.2) is 18.2 Å². The van der Waals surface area contributed by atoms with Gasteiger partial charge in [0.1, 0.15) is 10.8 Å². The van der Waals surface area contributed by atoms with E-state index in [1.807, 2.05) is 27.7 Å². The van der Waals surface area contributed by atoms with Gasteiger partial charge in [-0.05, 0) is 49.9 Å². The first-order chi connectivity index (χ1) is 12.8. The number of hydrogen-bond donors (Lipinski definition) is 1. The van der Waals surface area contributed by atoms with Gasteiger partial charge in [-0.3, -0.25) is 4.79 Å². The third-order valence-electron chi connectivity index (χ3n) is 3.69. The van der Waals surface area contributed by atoms with Crippen molar-refractivity contribution < 1.29 is 18.7 Å². The van der Waals surface area contributed by atoms with E-state index in [2.05, 4.69) is 5.32 Å². The number of Topliss-reactive ketones (excluding diaryl/α,β-unsaturated/α-hetero) is 1. The number of aryl methyl sites for hydroxylation is 1. The van der Waals surface area contributed by atoms with Crippen molar-refractivity contribution in [3.8, 4) is 0 Å². The maximum atomic E-state index is 14.2. The third-order valence-corrected chi connectivity index (χ3v) is 4.92. The summed E-state index contributed by atoms with van der Waals surface area (Å²) < 4.78 is 19.4. The standard InChI is InChI=1S/C19H22FNO3S.C2H6/c1-6-24-19(23)16-15(10(2)3)17(12(5)22)25-18(16)21-14-8-7-11(4)9-13(14)20;1-2/h7-10,21H,6H2,1-5H3;1-2H3. The Morgan fingerprint density at radius 1 is 1.26 bits per heavy atom. The topological polar surface area (TPSA) is 55.4 Å². The summed E-state index contributed by atoms with van der Waals surface area (Å²) in [5.41, 5.74) is 2.01. The molecular weight excluding hydrogens is 365 g/mol. The van der Waals surface area contributed by atoms with E-state index >= 15 is 0 Å². The second-order valence-electron chi connectivity index (χ2n) is 6.09. The average molecular weight is 394 g/mol. The highest BCUT2D eigenvalue weighted by Gasteiger charge is 2.28. The molecule has 1 heterocycles. The van der Waals surface area contributed by atoms with Crippen molar-refractivity contribution in [2.75, 3.05) is 11.9 Å². The first-order valence-corrected chi connectivity index (χ1v) is 9.95. The molecule has 1 aromatic carbocycles. The van der Waals surface area contributed by atoms with Crippen molar-refractivity contribution in [3.63, 3.8) is 0 Å². The van der Waals surface area contributed by atoms with Gasteiger partial charge in [-0.25, -0.2) is 9.18 Å². The number of halogens is 1. The zero-order valence-corrected chi connectivity index (χ0v) is 17.8. The molecule has 0 spiro atoms. The largest absolute Gasteiger partial charge is 0.462 e. The summed E-state index contributed by atoms with van der Waals surface area (Å²) in [6, 6.07) is 4.80. The summed E-state index contributed by atoms with van der Waals surface area (Å²) in [6.07, 6.45) is 0. The normalized spacial score (nSPS) is 10.3. The van der Waals surface area contributed by atoms with E-state index in [1.54, 1.807) is 26.0 Å². The van der Waals surface area contributed by atoms with Crippen LogP contribution < -0.4 is 5.32 Å². The smallest absolute Gasteiger partial charge is 0.341 e. The molecule has 2 rings (SSSR count). The van der Waals surface area contributed by atoms with Crippen LogP contribution >= 0.6 is 11.3 Å². The third kappa shape index (κ3) is 5.39. The van der Waals surface area contributed by atoms with Crippen molar-refractivity contribution in [3.05, 3.63) is 45.6 Å². The molecule has 0 saturated carbocycles. The van der Waals surface area contributed by atoms with E-state index in [-0.39, 0.29) is 24.0 Å². The lowest BCUT2D eigenvalue weighted by Gasteiger charge is -2.12. The van der Waals surface area contributed by atoms with Crippen molar-refractivity contribution >= 4 is 33.8 Å². The van der Waals surface area contributed by atoms with Crippen LogP contribution in [-0.4, -0.2) is 18.4 Å². The number of carbonyl (C=O) groups excluding carboxylic acids is 2. The molecule has 0 unspecified atom stereocenters. The number of anilines is 2. The van der Waals surface area contributed by atoms with E-state index in [0.29, 0.717) is 21.0 Å². The Hall–Kier alpha value is -2.21. The number of ether oxygens (including phenoxy) is 1. The predicted molar refractivity (Wildman–Crippen MR) is 110 cm³/mol. The van der Waals surface area contributed by atoms with Gasteiger partial charge in [-0.2, -0.15) is 0 Å². The van der Waals surface area contributed by atoms with Gasteiger partial charge in [0.05, 0.1) is 22.7 Å². The molecule has 0 saturated heterocycles. The fraction of sp³-hybridized carbons (Fsp3) is 0.429. The SMILES string of the molecule is CC.CCOC(=O)c1c(Nc2ccc(C)cc2F)sc(C(C)=O)c1C(C)C. The Kier molecular flexibility index (Phi) is 8.63. The second kappa shape index (κ2) is 10.2. The monoisotopic (exact) mass is 393 g/mol. The Balaban J connectivity index is 0.00000176. The number of ketones is 1. The minimum Gasteiger partial charge on any atom is -0.462 e. The molecule has 0 amide bonds. The van der Waals surface area contributed by atoms with Crippen LogP contribution in [0.2, 0.25) is 0 Å². The van der Waals surface area contributed by atoms with Crippen LogP contribution in [0.4, 0.5) is 15.1 Å². The quantitative estimate of drug-likeness (QED) is 0.451. The van der Waals surface area contributed by atoms with Crippen LogP contribution in [0.25, 0.3) is 0 Å². The zero-order valence-electron chi connectivity index (χ0n) is 17.0. The Morgan fingerprint density at radius 2 is 1.89 bits per heavy atom. The van der Waals surface area contributed by atoms with Gasteiger partial charge in [0, 0.05) is 0 Å². The molecule has 0 atom stereocenters. The molecular formula is C21H28FNO3S. The van der Waals surface area contributed by atoms with E-state index in [1.165, 1.54) is 13.0 Å². The van der Waals surface area contributed by atoms with Crippen molar-refractivity contribution in [1.82, 2.24) is 0 Å². The second-order valence-corrected chi connectivity index (χ2v) is 7.11. The maximum absolute atomic E-state index is 14.2. The van der Waals surface area contributed by atoms with Crippen molar-refractivity contribution in [2.24, 2.45) is 0 Å². The lowest BCUT2D eigenvalue weighted by Crippen LogP contribution is -2.11. The molecule has 0 aliphatic rings. The summed E-state index contributed by atoms with van der Waals surface area (Å²) in [5, 5.41) is 3.39. The van der Waals surface area contributed by atoms with Crippen LogP contribution in [0.5, 0.6) is 0 Å². The predicted octanol–water partition coefficient (Wildman–Crippen LogP) is 6.47. The van der Waals surface area contributed by atoms with Gasteiger partial charge in [0.15, 0.2) is 5.78 Å². The van der Waals surface area contributed by atoms with Gasteiger partial charge in [-0.15, -0.1) is 11.3 Å². The first kappa shape index (κ1) is 22.8. The fourth-order valence-corrected chi connectivity index (χ4v) is 3.85. The number of benzene rings is 1. The number of thiophene rings is 1. The van der Waals surface area contributed by atoms with Crippen LogP contribution in [0, 0.1) is 12.7 Å². The lowest BCUT2D eigenvalue weighted by molar-refractivity contribution is 0.0526. The molecule has 27 heavy (non-hydrogen) atoms. The van der Waals surface area contributed by atoms with Crippen molar-refractivity contribution in [1.29, 1.82) is 0 Å². The summed E-state index contributed by atoms with van der Waals surface area (Å²) in [4.78, 5) is 25.0.